The zero-order valence-electron chi connectivity index (χ0n) is 9.46. The predicted molar refractivity (Wildman–Crippen MR) is 57.3 cm³/mol. The first-order chi connectivity index (χ1) is 6.58. The van der Waals surface area contributed by atoms with Crippen LogP contribution in [-0.4, -0.2) is 9.97 Å². The van der Waals surface area contributed by atoms with Crippen LogP contribution in [0.15, 0.2) is 6.33 Å². The molecule has 2 rings (SSSR count). The molecule has 1 aliphatic rings. The van der Waals surface area contributed by atoms with Crippen molar-refractivity contribution in [2.45, 2.75) is 46.0 Å². The molecule has 0 bridgehead atoms. The van der Waals surface area contributed by atoms with E-state index in [2.05, 4.69) is 37.7 Å². The molecule has 2 nitrogen and oxygen atoms in total. The zero-order valence-corrected chi connectivity index (χ0v) is 9.46. The van der Waals surface area contributed by atoms with E-state index in [0.717, 1.165) is 0 Å². The van der Waals surface area contributed by atoms with Gasteiger partial charge in [0.2, 0.25) is 0 Å². The summed E-state index contributed by atoms with van der Waals surface area (Å²) in [7, 11) is 0. The van der Waals surface area contributed by atoms with Crippen molar-refractivity contribution in [1.82, 2.24) is 9.97 Å². The van der Waals surface area contributed by atoms with Crippen LogP contribution in [0.3, 0.4) is 0 Å². The quantitative estimate of drug-likeness (QED) is 0.716. The van der Waals surface area contributed by atoms with E-state index in [4.69, 9.17) is 0 Å². The first kappa shape index (κ1) is 9.63. The zero-order chi connectivity index (χ0) is 10.3. The molecule has 0 aromatic carbocycles. The van der Waals surface area contributed by atoms with Gasteiger partial charge >= 0.3 is 0 Å². The number of nitrogens with zero attached hydrogens (tertiary/aromatic N) is 2. The molecule has 1 heterocycles. The molecule has 0 unspecified atom stereocenters. The Morgan fingerprint density at radius 2 is 1.64 bits per heavy atom. The Kier molecular flexibility index (Phi) is 2.09. The Balaban J connectivity index is 2.51. The summed E-state index contributed by atoms with van der Waals surface area (Å²) in [4.78, 5) is 8.64. The van der Waals surface area contributed by atoms with Gasteiger partial charge in [0.25, 0.3) is 0 Å². The lowest BCUT2D eigenvalue weighted by Crippen LogP contribution is -2.19. The summed E-state index contributed by atoms with van der Waals surface area (Å²) in [5, 5.41) is 0. The molecular weight excluding hydrogens is 172 g/mol. The summed E-state index contributed by atoms with van der Waals surface area (Å²) >= 11 is 0. The normalized spacial score (nSPS) is 18.6. The van der Waals surface area contributed by atoms with Crippen LogP contribution in [0.4, 0.5) is 0 Å². The third-order valence-electron chi connectivity index (χ3n) is 3.62. The van der Waals surface area contributed by atoms with Gasteiger partial charge in [-0.05, 0) is 32.6 Å². The third-order valence-corrected chi connectivity index (χ3v) is 3.62. The third kappa shape index (κ3) is 1.24. The van der Waals surface area contributed by atoms with Crippen molar-refractivity contribution in [3.05, 3.63) is 23.3 Å². The summed E-state index contributed by atoms with van der Waals surface area (Å²) in [6.07, 6.45) is 4.28. The maximum Gasteiger partial charge on any atom is 0.115 e. The molecule has 1 aromatic rings. The molecule has 1 fully saturated rings. The number of hydrogen-bond acceptors (Lipinski definition) is 2. The van der Waals surface area contributed by atoms with E-state index in [0.29, 0.717) is 11.3 Å². The highest BCUT2D eigenvalue weighted by molar-refractivity contribution is 5.37. The summed E-state index contributed by atoms with van der Waals surface area (Å²) in [6, 6.07) is 0. The summed E-state index contributed by atoms with van der Waals surface area (Å²) < 4.78 is 0. The highest BCUT2D eigenvalue weighted by Crippen LogP contribution is 2.54. The highest BCUT2D eigenvalue weighted by atomic mass is 14.8. The molecular formula is C12H18N2. The van der Waals surface area contributed by atoms with E-state index >= 15 is 0 Å². The van der Waals surface area contributed by atoms with Crippen molar-refractivity contribution >= 4 is 0 Å². The van der Waals surface area contributed by atoms with E-state index in [9.17, 15) is 0 Å². The van der Waals surface area contributed by atoms with Gasteiger partial charge in [-0.25, -0.2) is 9.97 Å². The highest BCUT2D eigenvalue weighted by Gasteiger charge is 2.48. The van der Waals surface area contributed by atoms with Crippen LogP contribution in [0, 0.1) is 19.8 Å². The van der Waals surface area contributed by atoms with Gasteiger partial charge in [-0.3, -0.25) is 0 Å². The molecule has 14 heavy (non-hydrogen) atoms. The number of aromatic nitrogens is 2. The fraction of sp³-hybridized carbons (Fsp3) is 0.667. The molecule has 0 radical (unpaired) electrons. The summed E-state index contributed by atoms with van der Waals surface area (Å²) in [5.41, 5.74) is 4.15. The van der Waals surface area contributed by atoms with E-state index in [1.165, 1.54) is 29.8 Å². The number of rotatable bonds is 2. The Hall–Kier alpha value is -0.920. The molecule has 1 saturated carbocycles. The number of aryl methyl sites for hydroxylation is 2. The summed E-state index contributed by atoms with van der Waals surface area (Å²) in [5.74, 6) is 0.700. The SMILES string of the molecule is Cc1ncnc(C)c1C1(C(C)C)CC1. The molecule has 1 aliphatic carbocycles. The second-order valence-corrected chi connectivity index (χ2v) is 4.73. The number of hydrogen-bond donors (Lipinski definition) is 0. The van der Waals surface area contributed by atoms with Crippen LogP contribution in [0.25, 0.3) is 0 Å². The minimum atomic E-state index is 0.398. The van der Waals surface area contributed by atoms with Crippen LogP contribution >= 0.6 is 0 Å². The molecule has 2 heteroatoms. The topological polar surface area (TPSA) is 25.8 Å². The smallest absolute Gasteiger partial charge is 0.115 e. The Morgan fingerprint density at radius 3 is 2.00 bits per heavy atom. The maximum absolute atomic E-state index is 4.32. The van der Waals surface area contributed by atoms with E-state index in [1.807, 2.05) is 0 Å². The fourth-order valence-corrected chi connectivity index (χ4v) is 2.56. The van der Waals surface area contributed by atoms with Gasteiger partial charge in [-0.1, -0.05) is 13.8 Å². The lowest BCUT2D eigenvalue weighted by atomic mass is 9.83. The molecule has 0 aliphatic heterocycles. The Labute approximate surface area is 85.8 Å². The average Bonchev–Trinajstić information content (AvgIpc) is 2.85. The lowest BCUT2D eigenvalue weighted by Gasteiger charge is -2.22. The fourth-order valence-electron chi connectivity index (χ4n) is 2.56. The molecule has 0 atom stereocenters. The second kappa shape index (κ2) is 3.04. The average molecular weight is 190 g/mol. The molecule has 0 N–H and O–H groups in total. The Morgan fingerprint density at radius 1 is 1.14 bits per heavy atom. The molecule has 76 valence electrons. The molecule has 0 spiro atoms. The van der Waals surface area contributed by atoms with Crippen molar-refractivity contribution in [1.29, 1.82) is 0 Å². The van der Waals surface area contributed by atoms with Gasteiger partial charge in [-0.2, -0.15) is 0 Å². The minimum Gasteiger partial charge on any atom is -0.241 e. The van der Waals surface area contributed by atoms with Crippen molar-refractivity contribution in [3.8, 4) is 0 Å². The molecule has 0 saturated heterocycles. The predicted octanol–water partition coefficient (Wildman–Crippen LogP) is 2.78. The van der Waals surface area contributed by atoms with Crippen LogP contribution in [-0.2, 0) is 5.41 Å². The van der Waals surface area contributed by atoms with Crippen LogP contribution < -0.4 is 0 Å². The van der Waals surface area contributed by atoms with E-state index in [-0.39, 0.29) is 0 Å². The lowest BCUT2D eigenvalue weighted by molar-refractivity contribution is 0.473. The monoisotopic (exact) mass is 190 g/mol. The van der Waals surface area contributed by atoms with Crippen molar-refractivity contribution < 1.29 is 0 Å². The Bertz CT molecular complexity index is 331. The van der Waals surface area contributed by atoms with Gasteiger partial charge in [-0.15, -0.1) is 0 Å². The molecule has 1 aromatic heterocycles. The van der Waals surface area contributed by atoms with Crippen molar-refractivity contribution in [2.75, 3.05) is 0 Å². The largest absolute Gasteiger partial charge is 0.241 e. The van der Waals surface area contributed by atoms with Crippen LogP contribution in [0.2, 0.25) is 0 Å². The minimum absolute atomic E-state index is 0.398. The van der Waals surface area contributed by atoms with Crippen LogP contribution in [0.5, 0.6) is 0 Å². The summed E-state index contributed by atoms with van der Waals surface area (Å²) in [6.45, 7) is 8.82. The first-order valence-corrected chi connectivity index (χ1v) is 5.36. The standard InChI is InChI=1S/C12H18N2/c1-8(2)12(5-6-12)11-9(3)13-7-14-10(11)4/h7-8H,5-6H2,1-4H3. The van der Waals surface area contributed by atoms with Gasteiger partial charge in [0.15, 0.2) is 0 Å². The van der Waals surface area contributed by atoms with E-state index in [1.54, 1.807) is 6.33 Å². The maximum atomic E-state index is 4.32. The first-order valence-electron chi connectivity index (χ1n) is 5.36. The van der Waals surface area contributed by atoms with E-state index < -0.39 is 0 Å². The van der Waals surface area contributed by atoms with Crippen molar-refractivity contribution in [2.24, 2.45) is 5.92 Å². The van der Waals surface area contributed by atoms with Gasteiger partial charge in [0.1, 0.15) is 6.33 Å². The second-order valence-electron chi connectivity index (χ2n) is 4.73. The molecule has 0 amide bonds. The van der Waals surface area contributed by atoms with Crippen molar-refractivity contribution in [3.63, 3.8) is 0 Å². The van der Waals surface area contributed by atoms with Crippen LogP contribution in [0.1, 0.15) is 43.6 Å². The van der Waals surface area contributed by atoms with Gasteiger partial charge in [0, 0.05) is 22.4 Å². The van der Waals surface area contributed by atoms with Gasteiger partial charge in [0.05, 0.1) is 0 Å². The van der Waals surface area contributed by atoms with Gasteiger partial charge < -0.3 is 0 Å².